The standard InChI is InChI=1S/C8H4ClNO3S/c9-7-4-1-2-14-6(4)3-5(11)8(7)10(12)13/h1-3,11H. The number of nitro benzene ring substituents is 1. The van der Waals surface area contributed by atoms with Crippen LogP contribution in [0.25, 0.3) is 10.1 Å². The molecule has 72 valence electrons. The molecule has 0 saturated heterocycles. The maximum absolute atomic E-state index is 10.6. The van der Waals surface area contributed by atoms with E-state index in [0.29, 0.717) is 5.39 Å². The lowest BCUT2D eigenvalue weighted by atomic mass is 10.2. The van der Waals surface area contributed by atoms with E-state index in [4.69, 9.17) is 11.6 Å². The summed E-state index contributed by atoms with van der Waals surface area (Å²) in [7, 11) is 0. The Hall–Kier alpha value is -1.33. The van der Waals surface area contributed by atoms with Gasteiger partial charge < -0.3 is 5.11 Å². The Labute approximate surface area is 87.5 Å². The third-order valence-electron chi connectivity index (χ3n) is 1.83. The molecule has 0 aliphatic rings. The Morgan fingerprint density at radius 3 is 2.93 bits per heavy atom. The molecule has 2 aromatic rings. The number of nitrogens with zero attached hydrogens (tertiary/aromatic N) is 1. The Kier molecular flexibility index (Phi) is 2.05. The Bertz CT molecular complexity index is 523. The van der Waals surface area contributed by atoms with Gasteiger partial charge in [-0.2, -0.15) is 0 Å². The molecule has 4 nitrogen and oxygen atoms in total. The number of benzene rings is 1. The van der Waals surface area contributed by atoms with Gasteiger partial charge in [-0.05, 0) is 11.4 Å². The molecule has 1 aromatic carbocycles. The number of halogens is 1. The zero-order valence-corrected chi connectivity index (χ0v) is 8.30. The van der Waals surface area contributed by atoms with E-state index < -0.39 is 16.4 Å². The van der Waals surface area contributed by atoms with Gasteiger partial charge in [-0.3, -0.25) is 10.1 Å². The molecule has 0 radical (unpaired) electrons. The number of hydrogen-bond donors (Lipinski definition) is 1. The minimum atomic E-state index is -0.686. The number of aromatic hydroxyl groups is 1. The first-order valence-electron chi connectivity index (χ1n) is 3.64. The quantitative estimate of drug-likeness (QED) is 0.603. The summed E-state index contributed by atoms with van der Waals surface area (Å²) in [5, 5.41) is 22.3. The van der Waals surface area contributed by atoms with Crippen LogP contribution in [-0.4, -0.2) is 10.0 Å². The highest BCUT2D eigenvalue weighted by atomic mass is 35.5. The fraction of sp³-hybridized carbons (Fsp3) is 0. The highest BCUT2D eigenvalue weighted by Crippen LogP contribution is 2.41. The summed E-state index contributed by atoms with van der Waals surface area (Å²) in [6.07, 6.45) is 0. The van der Waals surface area contributed by atoms with Crippen molar-refractivity contribution < 1.29 is 10.0 Å². The van der Waals surface area contributed by atoms with Crippen molar-refractivity contribution in [2.45, 2.75) is 0 Å². The maximum Gasteiger partial charge on any atom is 0.329 e. The van der Waals surface area contributed by atoms with E-state index in [1.54, 1.807) is 11.4 Å². The second-order valence-corrected chi connectivity index (χ2v) is 3.97. The van der Waals surface area contributed by atoms with Crippen LogP contribution < -0.4 is 0 Å². The molecule has 0 spiro atoms. The molecule has 1 heterocycles. The van der Waals surface area contributed by atoms with Crippen LogP contribution in [0.4, 0.5) is 5.69 Å². The van der Waals surface area contributed by atoms with Crippen LogP contribution in [0.5, 0.6) is 5.75 Å². The second kappa shape index (κ2) is 3.11. The second-order valence-electron chi connectivity index (χ2n) is 2.65. The van der Waals surface area contributed by atoms with Crippen molar-refractivity contribution in [1.29, 1.82) is 0 Å². The van der Waals surface area contributed by atoms with Gasteiger partial charge in [0, 0.05) is 16.2 Å². The van der Waals surface area contributed by atoms with E-state index in [1.807, 2.05) is 0 Å². The lowest BCUT2D eigenvalue weighted by Crippen LogP contribution is -1.89. The molecule has 1 aromatic heterocycles. The molecule has 6 heteroatoms. The monoisotopic (exact) mass is 229 g/mol. The zero-order valence-electron chi connectivity index (χ0n) is 6.73. The normalized spacial score (nSPS) is 10.6. The molecule has 0 fully saturated rings. The molecular formula is C8H4ClNO3S. The Balaban J connectivity index is 2.89. The summed E-state index contributed by atoms with van der Waals surface area (Å²) >= 11 is 7.16. The van der Waals surface area contributed by atoms with Crippen LogP contribution in [0.2, 0.25) is 5.02 Å². The summed E-state index contributed by atoms with van der Waals surface area (Å²) in [5.41, 5.74) is -0.433. The van der Waals surface area contributed by atoms with Crippen molar-refractivity contribution >= 4 is 38.7 Å². The van der Waals surface area contributed by atoms with Gasteiger partial charge in [0.1, 0.15) is 5.02 Å². The Morgan fingerprint density at radius 2 is 2.29 bits per heavy atom. The maximum atomic E-state index is 10.6. The van der Waals surface area contributed by atoms with Crippen LogP contribution in [0.3, 0.4) is 0 Å². The minimum absolute atomic E-state index is 0.00810. The van der Waals surface area contributed by atoms with Crippen molar-refractivity contribution in [3.63, 3.8) is 0 Å². The fourth-order valence-corrected chi connectivity index (χ4v) is 2.43. The topological polar surface area (TPSA) is 63.4 Å². The molecule has 0 aliphatic heterocycles. The molecular weight excluding hydrogens is 226 g/mol. The predicted octanol–water partition coefficient (Wildman–Crippen LogP) is 3.17. The number of fused-ring (bicyclic) bond motifs is 1. The van der Waals surface area contributed by atoms with Gasteiger partial charge in [0.05, 0.1) is 4.92 Å². The molecule has 14 heavy (non-hydrogen) atoms. The first kappa shape index (κ1) is 9.23. The van der Waals surface area contributed by atoms with E-state index in [1.165, 1.54) is 17.4 Å². The molecule has 1 N–H and O–H groups in total. The molecule has 0 unspecified atom stereocenters. The lowest BCUT2D eigenvalue weighted by molar-refractivity contribution is -0.385. The first-order chi connectivity index (χ1) is 6.61. The van der Waals surface area contributed by atoms with Crippen molar-refractivity contribution in [2.75, 3.05) is 0 Å². The smallest absolute Gasteiger partial charge is 0.329 e. The number of rotatable bonds is 1. The van der Waals surface area contributed by atoms with E-state index in [0.717, 1.165) is 4.70 Å². The van der Waals surface area contributed by atoms with Gasteiger partial charge >= 0.3 is 5.69 Å². The van der Waals surface area contributed by atoms with Crippen LogP contribution in [0.15, 0.2) is 17.5 Å². The number of nitro groups is 1. The van der Waals surface area contributed by atoms with Gasteiger partial charge in [0.25, 0.3) is 0 Å². The summed E-state index contributed by atoms with van der Waals surface area (Å²) in [4.78, 5) is 9.89. The van der Waals surface area contributed by atoms with E-state index >= 15 is 0 Å². The molecule has 0 aliphatic carbocycles. The van der Waals surface area contributed by atoms with E-state index in [2.05, 4.69) is 0 Å². The van der Waals surface area contributed by atoms with Gasteiger partial charge in [0.15, 0.2) is 5.75 Å². The number of hydrogen-bond acceptors (Lipinski definition) is 4. The zero-order chi connectivity index (χ0) is 10.3. The largest absolute Gasteiger partial charge is 0.502 e. The minimum Gasteiger partial charge on any atom is -0.502 e. The fourth-order valence-electron chi connectivity index (χ4n) is 1.22. The van der Waals surface area contributed by atoms with Crippen molar-refractivity contribution in [3.05, 3.63) is 32.6 Å². The number of phenolic OH excluding ortho intramolecular Hbond substituents is 1. The first-order valence-corrected chi connectivity index (χ1v) is 4.90. The third kappa shape index (κ3) is 1.21. The third-order valence-corrected chi connectivity index (χ3v) is 3.08. The van der Waals surface area contributed by atoms with Crippen LogP contribution >= 0.6 is 22.9 Å². The predicted molar refractivity (Wildman–Crippen MR) is 55.2 cm³/mol. The van der Waals surface area contributed by atoms with Gasteiger partial charge in [-0.15, -0.1) is 11.3 Å². The summed E-state index contributed by atoms with van der Waals surface area (Å²) < 4.78 is 0.734. The molecule has 0 atom stereocenters. The molecule has 2 rings (SSSR count). The highest BCUT2D eigenvalue weighted by molar-refractivity contribution is 7.17. The van der Waals surface area contributed by atoms with Crippen molar-refractivity contribution in [2.24, 2.45) is 0 Å². The molecule has 0 saturated carbocycles. The van der Waals surface area contributed by atoms with Crippen molar-refractivity contribution in [3.8, 4) is 5.75 Å². The average molecular weight is 230 g/mol. The highest BCUT2D eigenvalue weighted by Gasteiger charge is 2.21. The van der Waals surface area contributed by atoms with E-state index in [9.17, 15) is 15.2 Å². The van der Waals surface area contributed by atoms with E-state index in [-0.39, 0.29) is 5.02 Å². The van der Waals surface area contributed by atoms with Gasteiger partial charge in [-0.1, -0.05) is 11.6 Å². The number of thiophene rings is 1. The Morgan fingerprint density at radius 1 is 1.57 bits per heavy atom. The summed E-state index contributed by atoms with van der Waals surface area (Å²) in [6.45, 7) is 0. The number of phenols is 1. The van der Waals surface area contributed by atoms with Crippen LogP contribution in [0, 0.1) is 10.1 Å². The van der Waals surface area contributed by atoms with Gasteiger partial charge in [-0.25, -0.2) is 0 Å². The molecule has 0 bridgehead atoms. The molecule has 0 amide bonds. The SMILES string of the molecule is O=[N+]([O-])c1c(O)cc2sccc2c1Cl. The summed E-state index contributed by atoms with van der Waals surface area (Å²) in [6, 6.07) is 3.04. The van der Waals surface area contributed by atoms with Crippen LogP contribution in [0.1, 0.15) is 0 Å². The average Bonchev–Trinajstić information content (AvgIpc) is 2.50. The lowest BCUT2D eigenvalue weighted by Gasteiger charge is -1.99. The van der Waals surface area contributed by atoms with Crippen LogP contribution in [-0.2, 0) is 0 Å². The van der Waals surface area contributed by atoms with Gasteiger partial charge in [0.2, 0.25) is 0 Å². The van der Waals surface area contributed by atoms with Crippen molar-refractivity contribution in [1.82, 2.24) is 0 Å². The summed E-state index contributed by atoms with van der Waals surface area (Å²) in [5.74, 6) is -0.394.